The quantitative estimate of drug-likeness (QED) is 0.568. The number of nitrogens with zero attached hydrogens (tertiary/aromatic N) is 3. The van der Waals surface area contributed by atoms with E-state index in [2.05, 4.69) is 19.9 Å². The van der Waals surface area contributed by atoms with E-state index in [0.717, 1.165) is 29.1 Å². The minimum absolute atomic E-state index is 0.892. The second kappa shape index (κ2) is 4.88. The van der Waals surface area contributed by atoms with Crippen molar-refractivity contribution < 1.29 is 0 Å². The fraction of sp³-hybridized carbons (Fsp3) is 0.818. The number of nitrogens with two attached hydrogens (primary N) is 1. The molecule has 94 valence electrons. The predicted molar refractivity (Wildman–Crippen MR) is 68.4 cm³/mol. The Bertz CT molecular complexity index is 358. The number of nitrogen functional groups attached to an aromatic ring is 1. The first kappa shape index (κ1) is 11.4. The van der Waals surface area contributed by atoms with Crippen LogP contribution in [-0.4, -0.2) is 27.6 Å². The smallest absolute Gasteiger partial charge is 0.148 e. The Hall–Kier alpha value is -0.720. The third-order valence-electron chi connectivity index (χ3n) is 3.49. The zero-order chi connectivity index (χ0) is 11.7. The first-order valence-corrected chi connectivity index (χ1v) is 7.12. The van der Waals surface area contributed by atoms with Crippen molar-refractivity contribution in [1.29, 1.82) is 0 Å². The van der Waals surface area contributed by atoms with Gasteiger partial charge in [-0.2, -0.15) is 0 Å². The number of rotatable bonds is 7. The molecule has 1 aromatic rings. The number of nitrogens with one attached hydrogen (secondary N) is 1. The lowest BCUT2D eigenvalue weighted by Gasteiger charge is -2.21. The minimum Gasteiger partial charge on any atom is -0.313 e. The molecule has 3 rings (SSSR count). The minimum atomic E-state index is 0.892. The number of hydrogen-bond acceptors (Lipinski definition) is 6. The molecular weight excluding hydrogens is 234 g/mol. The van der Waals surface area contributed by atoms with Gasteiger partial charge in [0.25, 0.3) is 0 Å². The average molecular weight is 253 g/mol. The van der Waals surface area contributed by atoms with Gasteiger partial charge in [0.2, 0.25) is 0 Å². The van der Waals surface area contributed by atoms with Crippen LogP contribution in [0.4, 0.5) is 5.00 Å². The summed E-state index contributed by atoms with van der Waals surface area (Å²) in [6.45, 7) is 3.33. The van der Waals surface area contributed by atoms with E-state index < -0.39 is 0 Å². The van der Waals surface area contributed by atoms with Gasteiger partial charge in [0, 0.05) is 31.2 Å². The molecule has 0 amide bonds. The van der Waals surface area contributed by atoms with Gasteiger partial charge in [0.15, 0.2) is 0 Å². The molecule has 2 saturated carbocycles. The molecule has 17 heavy (non-hydrogen) atoms. The van der Waals surface area contributed by atoms with Crippen molar-refractivity contribution in [3.05, 3.63) is 5.69 Å². The highest BCUT2D eigenvalue weighted by Crippen LogP contribution is 2.34. The fourth-order valence-corrected chi connectivity index (χ4v) is 2.65. The van der Waals surface area contributed by atoms with Crippen molar-refractivity contribution in [2.75, 3.05) is 18.5 Å². The third kappa shape index (κ3) is 3.14. The molecule has 0 bridgehead atoms. The normalized spacial score (nSPS) is 19.9. The van der Waals surface area contributed by atoms with E-state index in [-0.39, 0.29) is 0 Å². The summed E-state index contributed by atoms with van der Waals surface area (Å²) in [6, 6.07) is 0. The van der Waals surface area contributed by atoms with Gasteiger partial charge < -0.3 is 5.43 Å². The maximum atomic E-state index is 5.46. The topological polar surface area (TPSA) is 67.1 Å². The Morgan fingerprint density at radius 3 is 2.41 bits per heavy atom. The number of hydrazine groups is 1. The molecule has 5 nitrogen and oxygen atoms in total. The number of aromatic nitrogens is 2. The maximum absolute atomic E-state index is 5.46. The van der Waals surface area contributed by atoms with E-state index in [1.807, 2.05) is 0 Å². The predicted octanol–water partition coefficient (Wildman–Crippen LogP) is 1.45. The summed E-state index contributed by atoms with van der Waals surface area (Å²) in [5.41, 5.74) is 3.68. The van der Waals surface area contributed by atoms with Crippen LogP contribution in [-0.2, 0) is 6.54 Å². The van der Waals surface area contributed by atoms with E-state index in [0.29, 0.717) is 0 Å². The van der Waals surface area contributed by atoms with Gasteiger partial charge in [0.05, 0.1) is 0 Å². The molecule has 0 aliphatic heterocycles. The zero-order valence-corrected chi connectivity index (χ0v) is 10.7. The third-order valence-corrected chi connectivity index (χ3v) is 4.19. The molecule has 1 heterocycles. The average Bonchev–Trinajstić information content (AvgIpc) is 3.22. The van der Waals surface area contributed by atoms with Crippen molar-refractivity contribution in [2.24, 2.45) is 17.7 Å². The van der Waals surface area contributed by atoms with Gasteiger partial charge in [-0.3, -0.25) is 4.90 Å². The molecule has 0 saturated heterocycles. The summed E-state index contributed by atoms with van der Waals surface area (Å²) in [4.78, 5) is 2.53. The molecule has 0 radical (unpaired) electrons. The molecule has 0 atom stereocenters. The van der Waals surface area contributed by atoms with Crippen molar-refractivity contribution in [1.82, 2.24) is 14.5 Å². The van der Waals surface area contributed by atoms with Crippen LogP contribution in [0.25, 0.3) is 0 Å². The molecule has 0 spiro atoms. The lowest BCUT2D eigenvalue weighted by atomic mass is 10.3. The van der Waals surface area contributed by atoms with Crippen LogP contribution in [0.5, 0.6) is 0 Å². The molecule has 6 heteroatoms. The second-order valence-corrected chi connectivity index (χ2v) is 6.03. The highest BCUT2D eigenvalue weighted by molar-refractivity contribution is 7.10. The Kier molecular flexibility index (Phi) is 3.26. The van der Waals surface area contributed by atoms with Gasteiger partial charge in [-0.15, -0.1) is 5.10 Å². The van der Waals surface area contributed by atoms with E-state index in [4.69, 9.17) is 5.84 Å². The largest absolute Gasteiger partial charge is 0.313 e. The molecule has 1 aromatic heterocycles. The van der Waals surface area contributed by atoms with Crippen LogP contribution in [0.3, 0.4) is 0 Å². The SMILES string of the molecule is NNc1snnc1CN(CC1CC1)CC1CC1. The van der Waals surface area contributed by atoms with Gasteiger partial charge in [-0.05, 0) is 37.5 Å². The highest BCUT2D eigenvalue weighted by Gasteiger charge is 2.29. The summed E-state index contributed by atoms with van der Waals surface area (Å²) in [5, 5.41) is 5.07. The second-order valence-electron chi connectivity index (χ2n) is 5.27. The summed E-state index contributed by atoms with van der Waals surface area (Å²) in [7, 11) is 0. The lowest BCUT2D eigenvalue weighted by molar-refractivity contribution is 0.242. The van der Waals surface area contributed by atoms with E-state index in [9.17, 15) is 0 Å². The maximum Gasteiger partial charge on any atom is 0.148 e. The van der Waals surface area contributed by atoms with Crippen molar-refractivity contribution in [2.45, 2.75) is 32.2 Å². The molecule has 2 aliphatic carbocycles. The molecule has 0 unspecified atom stereocenters. The van der Waals surface area contributed by atoms with Crippen molar-refractivity contribution >= 4 is 16.5 Å². The Morgan fingerprint density at radius 1 is 1.24 bits per heavy atom. The first-order valence-electron chi connectivity index (χ1n) is 6.35. The Balaban J connectivity index is 1.60. The van der Waals surface area contributed by atoms with E-state index >= 15 is 0 Å². The summed E-state index contributed by atoms with van der Waals surface area (Å²) in [5.74, 6) is 7.31. The molecule has 3 N–H and O–H groups in total. The van der Waals surface area contributed by atoms with Crippen LogP contribution in [0, 0.1) is 11.8 Å². The summed E-state index contributed by atoms with van der Waals surface area (Å²) < 4.78 is 3.96. The molecule has 0 aromatic carbocycles. The number of anilines is 1. The summed E-state index contributed by atoms with van der Waals surface area (Å²) >= 11 is 1.34. The Morgan fingerprint density at radius 2 is 1.88 bits per heavy atom. The van der Waals surface area contributed by atoms with Crippen LogP contribution in [0.15, 0.2) is 0 Å². The van der Waals surface area contributed by atoms with E-state index in [1.165, 1.54) is 50.3 Å². The fourth-order valence-electron chi connectivity index (χ4n) is 2.17. The first-order chi connectivity index (χ1) is 8.35. The van der Waals surface area contributed by atoms with Gasteiger partial charge in [-0.1, -0.05) is 4.49 Å². The summed E-state index contributed by atoms with van der Waals surface area (Å²) in [6.07, 6.45) is 5.61. The molecule has 2 fully saturated rings. The van der Waals surface area contributed by atoms with Crippen LogP contribution >= 0.6 is 11.5 Å². The highest BCUT2D eigenvalue weighted by atomic mass is 32.1. The van der Waals surface area contributed by atoms with Crippen LogP contribution < -0.4 is 11.3 Å². The van der Waals surface area contributed by atoms with E-state index in [1.54, 1.807) is 0 Å². The van der Waals surface area contributed by atoms with Crippen LogP contribution in [0.1, 0.15) is 31.4 Å². The standard InChI is InChI=1S/C11H19N5S/c12-13-11-10(14-15-17-11)7-16(5-8-1-2-8)6-9-3-4-9/h8-9,13H,1-7,12H2. The zero-order valence-electron chi connectivity index (χ0n) is 9.93. The molecular formula is C11H19N5S. The molecule has 2 aliphatic rings. The van der Waals surface area contributed by atoms with Crippen LogP contribution in [0.2, 0.25) is 0 Å². The van der Waals surface area contributed by atoms with Gasteiger partial charge >= 0.3 is 0 Å². The monoisotopic (exact) mass is 253 g/mol. The van der Waals surface area contributed by atoms with Gasteiger partial charge in [-0.25, -0.2) is 5.84 Å². The lowest BCUT2D eigenvalue weighted by Crippen LogP contribution is -2.28. The Labute approximate surface area is 106 Å². The van der Waals surface area contributed by atoms with Crippen molar-refractivity contribution in [3.63, 3.8) is 0 Å². The number of hydrogen-bond donors (Lipinski definition) is 2. The van der Waals surface area contributed by atoms with Crippen molar-refractivity contribution in [3.8, 4) is 0 Å². The van der Waals surface area contributed by atoms with Gasteiger partial charge in [0.1, 0.15) is 10.7 Å².